The largest absolute Gasteiger partial charge is 0.393 e. The molecule has 5 nitrogen and oxygen atoms in total. The predicted octanol–water partition coefficient (Wildman–Crippen LogP) is 1.41. The third-order valence-corrected chi connectivity index (χ3v) is 1.99. The standard InChI is InChI=1S/C11H11F3N2O3/c1-19-16-10(18)9(17)15-8-4-2-3-7(5-8)6-11(12,13)14/h2-5H,6H2,1H3,(H,15,17)(H,16,18). The van der Waals surface area contributed by atoms with Gasteiger partial charge in [0.2, 0.25) is 0 Å². The molecule has 1 aromatic carbocycles. The second-order valence-corrected chi connectivity index (χ2v) is 3.58. The lowest BCUT2D eigenvalue weighted by atomic mass is 10.1. The Hall–Kier alpha value is -2.09. The molecule has 104 valence electrons. The number of carbonyl (C=O) groups is 2. The summed E-state index contributed by atoms with van der Waals surface area (Å²) in [6, 6.07) is 5.15. The van der Waals surface area contributed by atoms with Crippen LogP contribution in [0, 0.1) is 0 Å². The van der Waals surface area contributed by atoms with E-state index in [-0.39, 0.29) is 11.3 Å². The molecule has 2 N–H and O–H groups in total. The fourth-order valence-corrected chi connectivity index (χ4v) is 1.32. The SMILES string of the molecule is CONC(=O)C(=O)Nc1cccc(CC(F)(F)F)c1. The van der Waals surface area contributed by atoms with Gasteiger partial charge in [-0.1, -0.05) is 12.1 Å². The average Bonchev–Trinajstić information content (AvgIpc) is 2.27. The van der Waals surface area contributed by atoms with Gasteiger partial charge in [0.05, 0.1) is 13.5 Å². The summed E-state index contributed by atoms with van der Waals surface area (Å²) < 4.78 is 36.6. The molecule has 8 heteroatoms. The van der Waals surface area contributed by atoms with Crippen molar-refractivity contribution in [1.82, 2.24) is 5.48 Å². The molecule has 0 unspecified atom stereocenters. The first-order valence-corrected chi connectivity index (χ1v) is 5.12. The Bertz CT molecular complexity index is 474. The van der Waals surface area contributed by atoms with E-state index in [2.05, 4.69) is 10.2 Å². The molecule has 0 bridgehead atoms. The van der Waals surface area contributed by atoms with Gasteiger partial charge in [0.1, 0.15) is 0 Å². The van der Waals surface area contributed by atoms with Gasteiger partial charge in [-0.15, -0.1) is 0 Å². The molecule has 0 aliphatic rings. The number of hydrogen-bond donors (Lipinski definition) is 2. The number of halogens is 3. The average molecular weight is 276 g/mol. The lowest BCUT2D eigenvalue weighted by Crippen LogP contribution is -2.34. The van der Waals surface area contributed by atoms with Crippen LogP contribution >= 0.6 is 0 Å². The smallest absolute Gasteiger partial charge is 0.318 e. The minimum absolute atomic E-state index is 0.0163. The Labute approximate surface area is 106 Å². The van der Waals surface area contributed by atoms with Gasteiger partial charge in [-0.25, -0.2) is 5.48 Å². The van der Waals surface area contributed by atoms with Gasteiger partial charge in [0.15, 0.2) is 0 Å². The third-order valence-electron chi connectivity index (χ3n) is 1.99. The molecule has 2 amide bonds. The van der Waals surface area contributed by atoms with Crippen molar-refractivity contribution in [2.75, 3.05) is 12.4 Å². The van der Waals surface area contributed by atoms with Crippen molar-refractivity contribution in [3.63, 3.8) is 0 Å². The molecular formula is C11H11F3N2O3. The summed E-state index contributed by atoms with van der Waals surface area (Å²) in [6.07, 6.45) is -5.45. The lowest BCUT2D eigenvalue weighted by Gasteiger charge is -2.09. The number of hydroxylamine groups is 1. The van der Waals surface area contributed by atoms with E-state index in [1.165, 1.54) is 18.2 Å². The molecule has 0 aliphatic carbocycles. The van der Waals surface area contributed by atoms with Crippen LogP contribution in [-0.2, 0) is 20.8 Å². The van der Waals surface area contributed by atoms with E-state index in [0.29, 0.717) is 0 Å². The molecule has 0 fully saturated rings. The molecule has 0 heterocycles. The molecular weight excluding hydrogens is 265 g/mol. The third kappa shape index (κ3) is 5.38. The van der Waals surface area contributed by atoms with E-state index < -0.39 is 24.4 Å². The zero-order chi connectivity index (χ0) is 14.5. The zero-order valence-electron chi connectivity index (χ0n) is 9.88. The van der Waals surface area contributed by atoms with Gasteiger partial charge in [-0.05, 0) is 17.7 Å². The van der Waals surface area contributed by atoms with Gasteiger partial charge in [-0.3, -0.25) is 14.4 Å². The van der Waals surface area contributed by atoms with Crippen molar-refractivity contribution >= 4 is 17.5 Å². The molecule has 19 heavy (non-hydrogen) atoms. The Morgan fingerprint density at radius 2 is 1.95 bits per heavy atom. The highest BCUT2D eigenvalue weighted by Crippen LogP contribution is 2.22. The number of carbonyl (C=O) groups excluding carboxylic acids is 2. The first kappa shape index (κ1) is 15.0. The summed E-state index contributed by atoms with van der Waals surface area (Å²) in [4.78, 5) is 26.5. The monoisotopic (exact) mass is 276 g/mol. The van der Waals surface area contributed by atoms with E-state index in [0.717, 1.165) is 13.2 Å². The van der Waals surface area contributed by atoms with E-state index >= 15 is 0 Å². The Kier molecular flexibility index (Phi) is 4.87. The summed E-state index contributed by atoms with van der Waals surface area (Å²) in [5.74, 6) is -2.09. The first-order valence-electron chi connectivity index (χ1n) is 5.12. The number of benzene rings is 1. The van der Waals surface area contributed by atoms with E-state index in [1.807, 2.05) is 0 Å². The van der Waals surface area contributed by atoms with Crippen LogP contribution in [0.25, 0.3) is 0 Å². The second kappa shape index (κ2) is 6.19. The minimum Gasteiger partial charge on any atom is -0.318 e. The quantitative estimate of drug-likeness (QED) is 0.648. The van der Waals surface area contributed by atoms with E-state index in [4.69, 9.17) is 0 Å². The maximum absolute atomic E-state index is 12.2. The zero-order valence-corrected chi connectivity index (χ0v) is 9.88. The van der Waals surface area contributed by atoms with E-state index in [9.17, 15) is 22.8 Å². The summed E-state index contributed by atoms with van der Waals surface area (Å²) in [5.41, 5.74) is 1.87. The predicted molar refractivity (Wildman–Crippen MR) is 60.0 cm³/mol. The van der Waals surface area contributed by atoms with Gasteiger partial charge >= 0.3 is 18.0 Å². The minimum atomic E-state index is -4.34. The lowest BCUT2D eigenvalue weighted by molar-refractivity contribution is -0.142. The first-order chi connectivity index (χ1) is 8.81. The van der Waals surface area contributed by atoms with Crippen molar-refractivity contribution in [2.45, 2.75) is 12.6 Å². The maximum Gasteiger partial charge on any atom is 0.393 e. The molecule has 0 aliphatic heterocycles. The summed E-state index contributed by atoms with van der Waals surface area (Å²) in [6.45, 7) is 0. The molecule has 0 radical (unpaired) electrons. The van der Waals surface area contributed by atoms with Crippen molar-refractivity contribution in [3.8, 4) is 0 Å². The van der Waals surface area contributed by atoms with E-state index in [1.54, 1.807) is 5.48 Å². The fraction of sp³-hybridized carbons (Fsp3) is 0.273. The Balaban J connectivity index is 2.72. The van der Waals surface area contributed by atoms with Crippen LogP contribution in [0.2, 0.25) is 0 Å². The molecule has 0 atom stereocenters. The van der Waals surface area contributed by atoms with Gasteiger partial charge in [-0.2, -0.15) is 13.2 Å². The van der Waals surface area contributed by atoms with Crippen molar-refractivity contribution < 1.29 is 27.6 Å². The number of hydrogen-bond acceptors (Lipinski definition) is 3. The van der Waals surface area contributed by atoms with Gasteiger partial charge in [0, 0.05) is 5.69 Å². The number of amides is 2. The van der Waals surface area contributed by atoms with Crippen molar-refractivity contribution in [1.29, 1.82) is 0 Å². The molecule has 0 spiro atoms. The summed E-state index contributed by atoms with van der Waals surface area (Å²) in [5, 5.41) is 2.15. The molecule has 0 saturated heterocycles. The number of rotatable bonds is 3. The molecule has 1 aromatic rings. The highest BCUT2D eigenvalue weighted by Gasteiger charge is 2.27. The van der Waals surface area contributed by atoms with Gasteiger partial charge in [0.25, 0.3) is 0 Å². The van der Waals surface area contributed by atoms with Crippen molar-refractivity contribution in [3.05, 3.63) is 29.8 Å². The summed E-state index contributed by atoms with van der Waals surface area (Å²) >= 11 is 0. The van der Waals surface area contributed by atoms with Crippen LogP contribution < -0.4 is 10.8 Å². The molecule has 0 saturated carbocycles. The Morgan fingerprint density at radius 1 is 1.26 bits per heavy atom. The molecule has 1 rings (SSSR count). The number of alkyl halides is 3. The van der Waals surface area contributed by atoms with Crippen LogP contribution in [0.5, 0.6) is 0 Å². The van der Waals surface area contributed by atoms with Crippen LogP contribution in [-0.4, -0.2) is 25.1 Å². The highest BCUT2D eigenvalue weighted by atomic mass is 19.4. The van der Waals surface area contributed by atoms with Crippen LogP contribution in [0.1, 0.15) is 5.56 Å². The van der Waals surface area contributed by atoms with Crippen LogP contribution in [0.4, 0.5) is 18.9 Å². The summed E-state index contributed by atoms with van der Waals surface area (Å²) in [7, 11) is 1.15. The maximum atomic E-state index is 12.2. The van der Waals surface area contributed by atoms with Crippen molar-refractivity contribution in [2.24, 2.45) is 0 Å². The Morgan fingerprint density at radius 3 is 2.53 bits per heavy atom. The highest BCUT2D eigenvalue weighted by molar-refractivity contribution is 6.39. The van der Waals surface area contributed by atoms with Gasteiger partial charge < -0.3 is 5.32 Å². The normalized spacial score (nSPS) is 10.9. The molecule has 0 aromatic heterocycles. The second-order valence-electron chi connectivity index (χ2n) is 3.58. The van der Waals surface area contributed by atoms with Crippen LogP contribution in [0.3, 0.4) is 0 Å². The number of nitrogens with one attached hydrogen (secondary N) is 2. The van der Waals surface area contributed by atoms with Crippen LogP contribution in [0.15, 0.2) is 24.3 Å². The fourth-order valence-electron chi connectivity index (χ4n) is 1.32. The topological polar surface area (TPSA) is 67.4 Å². The number of anilines is 1.